The Morgan fingerprint density at radius 3 is 2.79 bits per heavy atom. The number of carbonyl (C=O) groups excluding carboxylic acids is 2. The number of hydrogen-bond acceptors (Lipinski definition) is 4. The molecule has 7 heteroatoms. The molecular formula is C12H15ClN2O4. The fourth-order valence-corrected chi connectivity index (χ4v) is 1.37. The van der Waals surface area contributed by atoms with E-state index in [1.165, 1.54) is 0 Å². The van der Waals surface area contributed by atoms with Gasteiger partial charge in [0.05, 0.1) is 6.54 Å². The summed E-state index contributed by atoms with van der Waals surface area (Å²) in [5, 5.41) is 3.15. The number of aryl methyl sites for hydroxylation is 1. The van der Waals surface area contributed by atoms with Crippen LogP contribution in [0.25, 0.3) is 0 Å². The lowest BCUT2D eigenvalue weighted by Gasteiger charge is -2.08. The Hall–Kier alpha value is -1.95. The monoisotopic (exact) mass is 286 g/mol. The Bertz CT molecular complexity index is 465. The zero-order valence-electron chi connectivity index (χ0n) is 10.4. The molecule has 1 aromatic carbocycles. The average molecular weight is 287 g/mol. The van der Waals surface area contributed by atoms with Crippen LogP contribution in [0.4, 0.5) is 4.79 Å². The summed E-state index contributed by atoms with van der Waals surface area (Å²) in [4.78, 5) is 21.6. The third kappa shape index (κ3) is 5.96. The molecule has 0 saturated heterocycles. The molecule has 3 N–H and O–H groups in total. The van der Waals surface area contributed by atoms with Crippen LogP contribution in [0.15, 0.2) is 18.2 Å². The second-order valence-corrected chi connectivity index (χ2v) is 4.12. The van der Waals surface area contributed by atoms with E-state index in [0.29, 0.717) is 10.8 Å². The molecule has 0 radical (unpaired) electrons. The number of nitrogens with one attached hydrogen (secondary N) is 1. The standard InChI is InChI=1S/C12H15ClN2O4/c1-8-6-9(2-3-10(8)13)19-7-11(16)15-4-5-18-12(14)17/h2-3,6H,4-5,7H2,1H3,(H2,14,17)(H,15,16). The number of hydrogen-bond donors (Lipinski definition) is 2. The molecule has 0 aliphatic carbocycles. The maximum absolute atomic E-state index is 11.4. The number of primary amides is 1. The van der Waals surface area contributed by atoms with Gasteiger partial charge in [-0.1, -0.05) is 11.6 Å². The fourth-order valence-electron chi connectivity index (χ4n) is 1.25. The van der Waals surface area contributed by atoms with E-state index in [1.807, 2.05) is 6.92 Å². The van der Waals surface area contributed by atoms with Crippen molar-refractivity contribution in [3.63, 3.8) is 0 Å². The molecule has 0 bridgehead atoms. The van der Waals surface area contributed by atoms with Crippen LogP contribution in [0.1, 0.15) is 5.56 Å². The fraction of sp³-hybridized carbons (Fsp3) is 0.333. The lowest BCUT2D eigenvalue weighted by molar-refractivity contribution is -0.123. The summed E-state index contributed by atoms with van der Waals surface area (Å²) < 4.78 is 9.73. The number of benzene rings is 1. The zero-order valence-corrected chi connectivity index (χ0v) is 11.2. The summed E-state index contributed by atoms with van der Waals surface area (Å²) in [5.41, 5.74) is 5.63. The smallest absolute Gasteiger partial charge is 0.404 e. The molecular weight excluding hydrogens is 272 g/mol. The van der Waals surface area contributed by atoms with Crippen LogP contribution in [0, 0.1) is 6.92 Å². The van der Waals surface area contributed by atoms with Crippen molar-refractivity contribution in [2.24, 2.45) is 5.73 Å². The van der Waals surface area contributed by atoms with Crippen molar-refractivity contribution < 1.29 is 19.1 Å². The molecule has 0 saturated carbocycles. The van der Waals surface area contributed by atoms with Gasteiger partial charge in [-0.25, -0.2) is 4.79 Å². The van der Waals surface area contributed by atoms with Crippen LogP contribution in [0.3, 0.4) is 0 Å². The van der Waals surface area contributed by atoms with Gasteiger partial charge in [-0.3, -0.25) is 4.79 Å². The number of halogens is 1. The first-order valence-corrected chi connectivity index (χ1v) is 5.94. The van der Waals surface area contributed by atoms with Gasteiger partial charge in [-0.15, -0.1) is 0 Å². The number of nitrogens with two attached hydrogens (primary N) is 1. The van der Waals surface area contributed by atoms with E-state index in [9.17, 15) is 9.59 Å². The van der Waals surface area contributed by atoms with Crippen LogP contribution in [-0.4, -0.2) is 31.8 Å². The largest absolute Gasteiger partial charge is 0.484 e. The normalized spacial score (nSPS) is 9.79. The van der Waals surface area contributed by atoms with Crippen LogP contribution in [-0.2, 0) is 9.53 Å². The highest BCUT2D eigenvalue weighted by atomic mass is 35.5. The van der Waals surface area contributed by atoms with E-state index in [4.69, 9.17) is 22.1 Å². The first-order chi connectivity index (χ1) is 8.99. The van der Waals surface area contributed by atoms with E-state index < -0.39 is 6.09 Å². The van der Waals surface area contributed by atoms with Gasteiger partial charge in [-0.2, -0.15) is 0 Å². The number of amides is 2. The highest BCUT2D eigenvalue weighted by Crippen LogP contribution is 2.20. The van der Waals surface area contributed by atoms with Crippen molar-refractivity contribution in [3.05, 3.63) is 28.8 Å². The Kier molecular flexibility index (Phi) is 5.95. The van der Waals surface area contributed by atoms with E-state index in [-0.39, 0.29) is 25.7 Å². The van der Waals surface area contributed by atoms with Crippen LogP contribution in [0.2, 0.25) is 5.02 Å². The second-order valence-electron chi connectivity index (χ2n) is 3.72. The van der Waals surface area contributed by atoms with Gasteiger partial charge in [0.15, 0.2) is 6.61 Å². The number of ether oxygens (including phenoxy) is 2. The molecule has 104 valence electrons. The molecule has 6 nitrogen and oxygen atoms in total. The first-order valence-electron chi connectivity index (χ1n) is 5.57. The van der Waals surface area contributed by atoms with Crippen molar-refractivity contribution in [1.29, 1.82) is 0 Å². The minimum atomic E-state index is -0.873. The molecule has 0 aromatic heterocycles. The Morgan fingerprint density at radius 1 is 1.42 bits per heavy atom. The highest BCUT2D eigenvalue weighted by Gasteiger charge is 2.04. The first kappa shape index (κ1) is 15.1. The van der Waals surface area contributed by atoms with Gasteiger partial charge >= 0.3 is 6.09 Å². The molecule has 0 fully saturated rings. The van der Waals surface area contributed by atoms with Crippen molar-refractivity contribution in [2.75, 3.05) is 19.8 Å². The Labute approximate surface area is 115 Å². The van der Waals surface area contributed by atoms with Gasteiger partial charge in [0.2, 0.25) is 0 Å². The van der Waals surface area contributed by atoms with E-state index in [0.717, 1.165) is 5.56 Å². The maximum Gasteiger partial charge on any atom is 0.404 e. The molecule has 0 heterocycles. The summed E-state index contributed by atoms with van der Waals surface area (Å²) in [6.07, 6.45) is -0.873. The third-order valence-electron chi connectivity index (χ3n) is 2.17. The Morgan fingerprint density at radius 2 is 2.16 bits per heavy atom. The Balaban J connectivity index is 2.26. The van der Waals surface area contributed by atoms with Crippen molar-refractivity contribution >= 4 is 23.6 Å². The third-order valence-corrected chi connectivity index (χ3v) is 2.59. The topological polar surface area (TPSA) is 90.7 Å². The van der Waals surface area contributed by atoms with Crippen molar-refractivity contribution in [3.8, 4) is 5.75 Å². The highest BCUT2D eigenvalue weighted by molar-refractivity contribution is 6.31. The molecule has 1 rings (SSSR count). The van der Waals surface area contributed by atoms with E-state index >= 15 is 0 Å². The van der Waals surface area contributed by atoms with E-state index in [1.54, 1.807) is 18.2 Å². The summed E-state index contributed by atoms with van der Waals surface area (Å²) >= 11 is 5.87. The van der Waals surface area contributed by atoms with Gasteiger partial charge in [-0.05, 0) is 30.7 Å². The molecule has 19 heavy (non-hydrogen) atoms. The summed E-state index contributed by atoms with van der Waals surface area (Å²) in [6, 6.07) is 5.12. The molecule has 0 unspecified atom stereocenters. The van der Waals surface area contributed by atoms with Gasteiger partial charge in [0.1, 0.15) is 12.4 Å². The number of carbonyl (C=O) groups is 2. The van der Waals surface area contributed by atoms with Gasteiger partial charge < -0.3 is 20.5 Å². The second kappa shape index (κ2) is 7.48. The van der Waals surface area contributed by atoms with Crippen LogP contribution in [0.5, 0.6) is 5.75 Å². The quantitative estimate of drug-likeness (QED) is 0.770. The molecule has 0 aliphatic heterocycles. The zero-order chi connectivity index (χ0) is 14.3. The predicted molar refractivity (Wildman–Crippen MR) is 70.2 cm³/mol. The minimum absolute atomic E-state index is 0.0289. The SMILES string of the molecule is Cc1cc(OCC(=O)NCCOC(N)=O)ccc1Cl. The molecule has 0 spiro atoms. The predicted octanol–water partition coefficient (Wildman–Crippen LogP) is 1.24. The number of rotatable bonds is 6. The van der Waals surface area contributed by atoms with E-state index in [2.05, 4.69) is 10.1 Å². The minimum Gasteiger partial charge on any atom is -0.484 e. The molecule has 1 aromatic rings. The molecule has 2 amide bonds. The van der Waals surface area contributed by atoms with Gasteiger partial charge in [0, 0.05) is 5.02 Å². The summed E-state index contributed by atoms with van der Waals surface area (Å²) in [7, 11) is 0. The van der Waals surface area contributed by atoms with Gasteiger partial charge in [0.25, 0.3) is 5.91 Å². The van der Waals surface area contributed by atoms with Crippen LogP contribution < -0.4 is 15.8 Å². The molecule has 0 aliphatic rings. The summed E-state index contributed by atoms with van der Waals surface area (Å²) in [6.45, 7) is 1.93. The lowest BCUT2D eigenvalue weighted by atomic mass is 10.2. The lowest BCUT2D eigenvalue weighted by Crippen LogP contribution is -2.32. The maximum atomic E-state index is 11.4. The van der Waals surface area contributed by atoms with Crippen LogP contribution >= 0.6 is 11.6 Å². The molecule has 0 atom stereocenters. The summed E-state index contributed by atoms with van der Waals surface area (Å²) in [5.74, 6) is 0.242. The van der Waals surface area contributed by atoms with Crippen molar-refractivity contribution in [2.45, 2.75) is 6.92 Å². The average Bonchev–Trinajstić information content (AvgIpc) is 2.36. The van der Waals surface area contributed by atoms with Crippen molar-refractivity contribution in [1.82, 2.24) is 5.32 Å².